The number of furan rings is 1. The highest BCUT2D eigenvalue weighted by Crippen LogP contribution is 2.31. The topological polar surface area (TPSA) is 73.8 Å². The zero-order chi connectivity index (χ0) is 24.5. The van der Waals surface area contributed by atoms with Crippen molar-refractivity contribution in [3.8, 4) is 11.3 Å². The standard InChI is InChI=1S/C27H21ClN2O4S/c1-3-33-26(32)23-16(2)29-27-30(24(23)17-9-5-4-6-10-17)25(31)22(35-27)15-18-13-14-21(34-18)19-11-7-8-12-20(19)28/h4-15,24H,3H2,1-2H3/b22-15-. The maximum atomic E-state index is 13.6. The number of thiazole rings is 1. The molecule has 0 bridgehead atoms. The van der Waals surface area contributed by atoms with Gasteiger partial charge in [-0.3, -0.25) is 9.36 Å². The normalized spacial score (nSPS) is 15.6. The second-order valence-corrected chi connectivity index (χ2v) is 9.31. The number of nitrogens with zero attached hydrogens (tertiary/aromatic N) is 2. The Bertz CT molecular complexity index is 1630. The summed E-state index contributed by atoms with van der Waals surface area (Å²) in [6.45, 7) is 3.75. The summed E-state index contributed by atoms with van der Waals surface area (Å²) >= 11 is 7.55. The molecule has 3 heterocycles. The molecule has 0 N–H and O–H groups in total. The molecular weight excluding hydrogens is 484 g/mol. The summed E-state index contributed by atoms with van der Waals surface area (Å²) in [5.41, 5.74) is 2.21. The zero-order valence-corrected chi connectivity index (χ0v) is 20.6. The Morgan fingerprint density at radius 3 is 2.63 bits per heavy atom. The van der Waals surface area contributed by atoms with Gasteiger partial charge in [-0.25, -0.2) is 9.79 Å². The SMILES string of the molecule is CCOC(=O)C1=C(C)N=c2s/c(=C\c3ccc(-c4ccccc4Cl)o3)c(=O)n2C1c1ccccc1. The van der Waals surface area contributed by atoms with Gasteiger partial charge in [-0.2, -0.15) is 0 Å². The third-order valence-corrected chi connectivity index (χ3v) is 6.98. The minimum Gasteiger partial charge on any atom is -0.463 e. The van der Waals surface area contributed by atoms with Gasteiger partial charge in [0.15, 0.2) is 4.80 Å². The molecule has 0 radical (unpaired) electrons. The van der Waals surface area contributed by atoms with Gasteiger partial charge in [-0.15, -0.1) is 0 Å². The molecule has 1 aliphatic heterocycles. The van der Waals surface area contributed by atoms with Crippen LogP contribution in [0.5, 0.6) is 0 Å². The fourth-order valence-electron chi connectivity index (χ4n) is 4.11. The van der Waals surface area contributed by atoms with E-state index in [0.717, 1.165) is 11.1 Å². The number of benzene rings is 2. The quantitative estimate of drug-likeness (QED) is 0.369. The fourth-order valence-corrected chi connectivity index (χ4v) is 5.36. The second kappa shape index (κ2) is 9.52. The second-order valence-electron chi connectivity index (χ2n) is 7.89. The molecule has 0 fully saturated rings. The van der Waals surface area contributed by atoms with Crippen LogP contribution < -0.4 is 14.9 Å². The maximum Gasteiger partial charge on any atom is 0.338 e. The van der Waals surface area contributed by atoms with Crippen LogP contribution >= 0.6 is 22.9 Å². The maximum absolute atomic E-state index is 13.6. The number of halogens is 1. The summed E-state index contributed by atoms with van der Waals surface area (Å²) in [5.74, 6) is 0.646. The fraction of sp³-hybridized carbons (Fsp3) is 0.148. The molecule has 35 heavy (non-hydrogen) atoms. The molecule has 0 aliphatic carbocycles. The van der Waals surface area contributed by atoms with E-state index in [1.807, 2.05) is 54.6 Å². The van der Waals surface area contributed by atoms with Gasteiger partial charge in [0.25, 0.3) is 5.56 Å². The molecule has 2 aromatic carbocycles. The van der Waals surface area contributed by atoms with Crippen LogP contribution in [0.4, 0.5) is 0 Å². The molecule has 5 rings (SSSR count). The molecule has 2 aromatic heterocycles. The van der Waals surface area contributed by atoms with Crippen LogP contribution in [0.25, 0.3) is 17.4 Å². The van der Waals surface area contributed by atoms with Crippen molar-refractivity contribution in [2.75, 3.05) is 6.61 Å². The molecule has 0 amide bonds. The molecule has 1 atom stereocenters. The van der Waals surface area contributed by atoms with Crippen molar-refractivity contribution in [2.24, 2.45) is 4.99 Å². The third kappa shape index (κ3) is 4.29. The lowest BCUT2D eigenvalue weighted by molar-refractivity contribution is -0.139. The zero-order valence-electron chi connectivity index (χ0n) is 19.0. The molecular formula is C27H21ClN2O4S. The first-order chi connectivity index (χ1) is 17.0. The van der Waals surface area contributed by atoms with Gasteiger partial charge in [0, 0.05) is 11.6 Å². The van der Waals surface area contributed by atoms with E-state index in [1.54, 1.807) is 36.6 Å². The van der Waals surface area contributed by atoms with Gasteiger partial charge < -0.3 is 9.15 Å². The Labute approximate surface area is 210 Å². The minimum atomic E-state index is -0.635. The minimum absolute atomic E-state index is 0.230. The van der Waals surface area contributed by atoms with Crippen LogP contribution in [-0.2, 0) is 9.53 Å². The van der Waals surface area contributed by atoms with Crippen molar-refractivity contribution in [2.45, 2.75) is 19.9 Å². The average Bonchev–Trinajstić information content (AvgIpc) is 3.43. The van der Waals surface area contributed by atoms with Crippen molar-refractivity contribution < 1.29 is 13.9 Å². The Morgan fingerprint density at radius 2 is 1.89 bits per heavy atom. The van der Waals surface area contributed by atoms with Crippen LogP contribution in [0.2, 0.25) is 5.02 Å². The Morgan fingerprint density at radius 1 is 1.14 bits per heavy atom. The number of rotatable bonds is 5. The molecule has 1 unspecified atom stereocenters. The Hall–Kier alpha value is -3.68. The monoisotopic (exact) mass is 504 g/mol. The largest absolute Gasteiger partial charge is 0.463 e. The first-order valence-corrected chi connectivity index (χ1v) is 12.3. The number of ether oxygens (including phenoxy) is 1. The lowest BCUT2D eigenvalue weighted by Gasteiger charge is -2.24. The van der Waals surface area contributed by atoms with Gasteiger partial charge in [0.1, 0.15) is 11.5 Å². The van der Waals surface area contributed by atoms with Crippen LogP contribution in [0, 0.1) is 0 Å². The number of esters is 1. The Kier molecular flexibility index (Phi) is 6.28. The van der Waals surface area contributed by atoms with Crippen LogP contribution in [0.1, 0.15) is 31.2 Å². The predicted molar refractivity (Wildman–Crippen MR) is 136 cm³/mol. The highest BCUT2D eigenvalue weighted by Gasteiger charge is 2.33. The van der Waals surface area contributed by atoms with E-state index in [1.165, 1.54) is 11.3 Å². The van der Waals surface area contributed by atoms with Crippen molar-refractivity contribution in [3.63, 3.8) is 0 Å². The van der Waals surface area contributed by atoms with Crippen molar-refractivity contribution in [1.82, 2.24) is 4.57 Å². The van der Waals surface area contributed by atoms with Gasteiger partial charge in [0.2, 0.25) is 0 Å². The summed E-state index contributed by atoms with van der Waals surface area (Å²) in [4.78, 5) is 31.6. The van der Waals surface area contributed by atoms with Crippen LogP contribution in [-0.4, -0.2) is 17.1 Å². The summed E-state index contributed by atoms with van der Waals surface area (Å²) in [5, 5.41) is 0.581. The smallest absolute Gasteiger partial charge is 0.338 e. The van der Waals surface area contributed by atoms with Crippen molar-refractivity contribution in [3.05, 3.63) is 114 Å². The first kappa shape index (κ1) is 23.1. The summed E-state index contributed by atoms with van der Waals surface area (Å²) in [6, 6.07) is 19.8. The lowest BCUT2D eigenvalue weighted by Crippen LogP contribution is -2.39. The van der Waals surface area contributed by atoms with Crippen molar-refractivity contribution >= 4 is 35.0 Å². The van der Waals surface area contributed by atoms with E-state index in [9.17, 15) is 9.59 Å². The van der Waals surface area contributed by atoms with Crippen LogP contribution in [0.3, 0.4) is 0 Å². The highest BCUT2D eigenvalue weighted by atomic mass is 35.5. The van der Waals surface area contributed by atoms with Crippen molar-refractivity contribution in [1.29, 1.82) is 0 Å². The molecule has 4 aromatic rings. The van der Waals surface area contributed by atoms with E-state index < -0.39 is 12.0 Å². The molecule has 0 saturated carbocycles. The van der Waals surface area contributed by atoms with E-state index >= 15 is 0 Å². The summed E-state index contributed by atoms with van der Waals surface area (Å²) in [7, 11) is 0. The number of aromatic nitrogens is 1. The van der Waals surface area contributed by atoms with Crippen LogP contribution in [0.15, 0.2) is 92.2 Å². The third-order valence-electron chi connectivity index (χ3n) is 5.67. The lowest BCUT2D eigenvalue weighted by atomic mass is 9.96. The molecule has 6 nitrogen and oxygen atoms in total. The number of hydrogen-bond acceptors (Lipinski definition) is 6. The van der Waals surface area contributed by atoms with E-state index in [-0.39, 0.29) is 12.2 Å². The summed E-state index contributed by atoms with van der Waals surface area (Å²) in [6.07, 6.45) is 1.69. The van der Waals surface area contributed by atoms with Gasteiger partial charge in [-0.1, -0.05) is 65.4 Å². The molecule has 0 spiro atoms. The Balaban J connectivity index is 1.64. The number of allylic oxidation sites excluding steroid dienone is 1. The van der Waals surface area contributed by atoms with Gasteiger partial charge in [-0.05, 0) is 43.7 Å². The van der Waals surface area contributed by atoms with E-state index in [4.69, 9.17) is 20.8 Å². The van der Waals surface area contributed by atoms with Gasteiger partial charge in [0.05, 0.1) is 33.5 Å². The number of hydrogen-bond donors (Lipinski definition) is 0. The first-order valence-electron chi connectivity index (χ1n) is 11.1. The van der Waals surface area contributed by atoms with E-state index in [2.05, 4.69) is 4.99 Å². The van der Waals surface area contributed by atoms with Gasteiger partial charge >= 0.3 is 5.97 Å². The highest BCUT2D eigenvalue weighted by molar-refractivity contribution is 7.07. The predicted octanol–water partition coefficient (Wildman–Crippen LogP) is 4.71. The van der Waals surface area contributed by atoms with E-state index in [0.29, 0.717) is 37.1 Å². The number of fused-ring (bicyclic) bond motifs is 1. The number of carbonyl (C=O) groups excluding carboxylic acids is 1. The number of carbonyl (C=O) groups is 1. The molecule has 1 aliphatic rings. The average molecular weight is 505 g/mol. The summed E-state index contributed by atoms with van der Waals surface area (Å²) < 4.78 is 13.3. The molecule has 176 valence electrons. The molecule has 8 heteroatoms. The molecule has 0 saturated heterocycles.